The fourth-order valence-corrected chi connectivity index (χ4v) is 2.40. The third kappa shape index (κ3) is 5.47. The molecule has 0 fully saturated rings. The summed E-state index contributed by atoms with van der Waals surface area (Å²) in [5.74, 6) is -0.386. The lowest BCUT2D eigenvalue weighted by atomic mass is 10.2. The van der Waals surface area contributed by atoms with Gasteiger partial charge in [-0.25, -0.2) is 0 Å². The van der Waals surface area contributed by atoms with Gasteiger partial charge in [-0.2, -0.15) is 13.2 Å². The molecule has 2 rings (SSSR count). The normalized spacial score (nSPS) is 12.6. The molecular formula is C17H15BrF3NO3. The molecule has 2 aromatic carbocycles. The monoisotopic (exact) mass is 417 g/mol. The van der Waals surface area contributed by atoms with E-state index in [0.29, 0.717) is 5.75 Å². The van der Waals surface area contributed by atoms with Gasteiger partial charge in [0.25, 0.3) is 5.91 Å². The summed E-state index contributed by atoms with van der Waals surface area (Å²) in [7, 11) is 0. The van der Waals surface area contributed by atoms with E-state index in [0.717, 1.165) is 11.6 Å². The van der Waals surface area contributed by atoms with Crippen LogP contribution in [0.4, 0.5) is 18.9 Å². The number of alkyl halides is 3. The van der Waals surface area contributed by atoms with E-state index in [1.165, 1.54) is 12.1 Å². The summed E-state index contributed by atoms with van der Waals surface area (Å²) < 4.78 is 43.7. The Morgan fingerprint density at radius 3 is 2.48 bits per heavy atom. The van der Waals surface area contributed by atoms with E-state index >= 15 is 0 Å². The second-order valence-electron chi connectivity index (χ2n) is 5.32. The van der Waals surface area contributed by atoms with Gasteiger partial charge >= 0.3 is 6.18 Å². The fourth-order valence-electron chi connectivity index (χ4n) is 1.93. The Morgan fingerprint density at radius 2 is 1.88 bits per heavy atom. The first-order valence-corrected chi connectivity index (χ1v) is 8.01. The van der Waals surface area contributed by atoms with Crippen molar-refractivity contribution in [2.24, 2.45) is 0 Å². The van der Waals surface area contributed by atoms with Crippen LogP contribution in [-0.4, -0.2) is 23.7 Å². The Hall–Kier alpha value is -2.06. The van der Waals surface area contributed by atoms with Gasteiger partial charge in [-0.1, -0.05) is 33.6 Å². The molecule has 4 nitrogen and oxygen atoms in total. The Balaban J connectivity index is 1.98. The summed E-state index contributed by atoms with van der Waals surface area (Å²) in [6, 6.07) is 10.2. The minimum Gasteiger partial charge on any atom is -0.490 e. The summed E-state index contributed by atoms with van der Waals surface area (Å²) in [5, 5.41) is 12.0. The summed E-state index contributed by atoms with van der Waals surface area (Å²) in [4.78, 5) is 11.9. The number of nitrogens with one attached hydrogen (secondary N) is 1. The SMILES string of the molecule is Cc1ccc(OC[C@H](O)C(=O)Nc2ccc(Br)c(C(F)(F)F)c2)cc1. The second-order valence-corrected chi connectivity index (χ2v) is 6.18. The Labute approximate surface area is 150 Å². The molecule has 0 unspecified atom stereocenters. The highest BCUT2D eigenvalue weighted by molar-refractivity contribution is 9.10. The van der Waals surface area contributed by atoms with Gasteiger partial charge in [-0.3, -0.25) is 4.79 Å². The summed E-state index contributed by atoms with van der Waals surface area (Å²) in [6.45, 7) is 1.58. The second kappa shape index (κ2) is 7.88. The number of benzene rings is 2. The van der Waals surface area contributed by atoms with Crippen molar-refractivity contribution in [2.45, 2.75) is 19.2 Å². The zero-order valence-electron chi connectivity index (χ0n) is 13.1. The molecule has 0 aliphatic carbocycles. The van der Waals surface area contributed by atoms with E-state index < -0.39 is 23.8 Å². The Morgan fingerprint density at radius 1 is 1.24 bits per heavy atom. The van der Waals surface area contributed by atoms with Crippen molar-refractivity contribution in [3.8, 4) is 5.75 Å². The predicted molar refractivity (Wildman–Crippen MR) is 90.5 cm³/mol. The number of anilines is 1. The lowest BCUT2D eigenvalue weighted by Crippen LogP contribution is -2.33. The smallest absolute Gasteiger partial charge is 0.417 e. The van der Waals surface area contributed by atoms with E-state index in [4.69, 9.17) is 4.74 Å². The topological polar surface area (TPSA) is 58.6 Å². The van der Waals surface area contributed by atoms with Gasteiger partial charge < -0.3 is 15.2 Å². The van der Waals surface area contributed by atoms with Gasteiger partial charge in [-0.05, 0) is 37.3 Å². The number of ether oxygens (including phenoxy) is 1. The molecule has 0 aliphatic rings. The molecule has 2 N–H and O–H groups in total. The van der Waals surface area contributed by atoms with Gasteiger partial charge in [0.1, 0.15) is 12.4 Å². The number of aliphatic hydroxyl groups is 1. The molecule has 25 heavy (non-hydrogen) atoms. The first kappa shape index (κ1) is 19.3. The van der Waals surface area contributed by atoms with Crippen LogP contribution in [0.25, 0.3) is 0 Å². The molecule has 0 saturated heterocycles. The number of rotatable bonds is 5. The number of hydrogen-bond acceptors (Lipinski definition) is 3. The molecule has 0 saturated carbocycles. The first-order chi connectivity index (χ1) is 11.7. The molecular weight excluding hydrogens is 403 g/mol. The average Bonchev–Trinajstić information content (AvgIpc) is 2.54. The van der Waals surface area contributed by atoms with Crippen molar-refractivity contribution in [3.05, 3.63) is 58.1 Å². The van der Waals surface area contributed by atoms with E-state index in [1.54, 1.807) is 12.1 Å². The standard InChI is InChI=1S/C17H15BrF3NO3/c1-10-2-5-12(6-3-10)25-9-15(23)16(24)22-11-4-7-14(18)13(8-11)17(19,20)21/h2-8,15,23H,9H2,1H3,(H,22,24)/t15-/m0/s1. The molecule has 0 radical (unpaired) electrons. The average molecular weight is 418 g/mol. The van der Waals surface area contributed by atoms with E-state index in [-0.39, 0.29) is 16.8 Å². The minimum absolute atomic E-state index is 0.0742. The number of aryl methyl sites for hydroxylation is 1. The van der Waals surface area contributed by atoms with Crippen molar-refractivity contribution in [1.82, 2.24) is 0 Å². The summed E-state index contributed by atoms with van der Waals surface area (Å²) >= 11 is 2.82. The van der Waals surface area contributed by atoms with Crippen LogP contribution >= 0.6 is 15.9 Å². The van der Waals surface area contributed by atoms with Crippen LogP contribution in [0.1, 0.15) is 11.1 Å². The van der Waals surface area contributed by atoms with Crippen LogP contribution in [0.5, 0.6) is 5.75 Å². The molecule has 134 valence electrons. The number of carbonyl (C=O) groups is 1. The summed E-state index contributed by atoms with van der Waals surface area (Å²) in [6.07, 6.45) is -6.09. The van der Waals surface area contributed by atoms with Crippen molar-refractivity contribution >= 4 is 27.5 Å². The highest BCUT2D eigenvalue weighted by atomic mass is 79.9. The van der Waals surface area contributed by atoms with Crippen molar-refractivity contribution < 1.29 is 27.8 Å². The van der Waals surface area contributed by atoms with Crippen LogP contribution < -0.4 is 10.1 Å². The van der Waals surface area contributed by atoms with E-state index in [2.05, 4.69) is 21.2 Å². The molecule has 2 aromatic rings. The van der Waals surface area contributed by atoms with Crippen LogP contribution in [0.15, 0.2) is 46.9 Å². The van der Waals surface area contributed by atoms with Crippen LogP contribution in [0.3, 0.4) is 0 Å². The maximum absolute atomic E-state index is 12.8. The van der Waals surface area contributed by atoms with Gasteiger partial charge in [0, 0.05) is 10.2 Å². The molecule has 8 heteroatoms. The quantitative estimate of drug-likeness (QED) is 0.767. The van der Waals surface area contributed by atoms with Gasteiger partial charge in [0.15, 0.2) is 6.10 Å². The van der Waals surface area contributed by atoms with Gasteiger partial charge in [-0.15, -0.1) is 0 Å². The van der Waals surface area contributed by atoms with Crippen LogP contribution in [-0.2, 0) is 11.0 Å². The summed E-state index contributed by atoms with van der Waals surface area (Å²) in [5.41, 5.74) is 0.0342. The number of halogens is 4. The largest absolute Gasteiger partial charge is 0.490 e. The predicted octanol–water partition coefficient (Wildman–Crippen LogP) is 4.15. The van der Waals surface area contributed by atoms with Crippen LogP contribution in [0.2, 0.25) is 0 Å². The molecule has 0 aromatic heterocycles. The Bertz CT molecular complexity index is 748. The third-order valence-corrected chi connectivity index (χ3v) is 3.96. The molecule has 0 aliphatic heterocycles. The Kier molecular flexibility index (Phi) is 6.07. The molecule has 1 atom stereocenters. The number of carbonyl (C=O) groups excluding carboxylic acids is 1. The van der Waals surface area contributed by atoms with E-state index in [1.807, 2.05) is 19.1 Å². The number of aliphatic hydroxyl groups excluding tert-OH is 1. The molecule has 0 spiro atoms. The fraction of sp³-hybridized carbons (Fsp3) is 0.235. The van der Waals surface area contributed by atoms with Crippen LogP contribution in [0, 0.1) is 6.92 Å². The van der Waals surface area contributed by atoms with Gasteiger partial charge in [0.05, 0.1) is 5.56 Å². The lowest BCUT2D eigenvalue weighted by molar-refractivity contribution is -0.138. The number of amides is 1. The van der Waals surface area contributed by atoms with Crippen molar-refractivity contribution in [3.63, 3.8) is 0 Å². The van der Waals surface area contributed by atoms with E-state index in [9.17, 15) is 23.1 Å². The minimum atomic E-state index is -4.56. The lowest BCUT2D eigenvalue weighted by Gasteiger charge is -2.15. The van der Waals surface area contributed by atoms with Crippen molar-refractivity contribution in [2.75, 3.05) is 11.9 Å². The highest BCUT2D eigenvalue weighted by Crippen LogP contribution is 2.36. The zero-order valence-corrected chi connectivity index (χ0v) is 14.7. The molecule has 0 bridgehead atoms. The third-order valence-electron chi connectivity index (χ3n) is 3.27. The highest BCUT2D eigenvalue weighted by Gasteiger charge is 2.33. The van der Waals surface area contributed by atoms with Gasteiger partial charge in [0.2, 0.25) is 0 Å². The molecule has 0 heterocycles. The van der Waals surface area contributed by atoms with Crippen molar-refractivity contribution in [1.29, 1.82) is 0 Å². The zero-order chi connectivity index (χ0) is 18.6. The molecule has 1 amide bonds. The first-order valence-electron chi connectivity index (χ1n) is 7.22. The maximum atomic E-state index is 12.8. The number of hydrogen-bond donors (Lipinski definition) is 2. The maximum Gasteiger partial charge on any atom is 0.417 e.